The summed E-state index contributed by atoms with van der Waals surface area (Å²) in [5, 5.41) is 4.55. The molecule has 0 fully saturated rings. The first-order valence-corrected chi connectivity index (χ1v) is 9.29. The van der Waals surface area contributed by atoms with Gasteiger partial charge in [0.1, 0.15) is 28.4 Å². The molecule has 2 heterocycles. The normalized spacial score (nSPS) is 11.1. The number of unbranched alkanes of at least 4 members (excludes halogenated alkanes) is 1. The van der Waals surface area contributed by atoms with E-state index < -0.39 is 5.63 Å². The lowest BCUT2D eigenvalue weighted by Crippen LogP contribution is -2.04. The molecular weight excluding hydrogens is 374 g/mol. The number of hydrogen-bond donors (Lipinski definition) is 0. The summed E-state index contributed by atoms with van der Waals surface area (Å²) in [6.07, 6.45) is 3.05. The third kappa shape index (κ3) is 3.99. The van der Waals surface area contributed by atoms with Crippen molar-refractivity contribution < 1.29 is 18.3 Å². The molecule has 4 rings (SSSR count). The van der Waals surface area contributed by atoms with E-state index >= 15 is 0 Å². The van der Waals surface area contributed by atoms with Gasteiger partial charge in [-0.3, -0.25) is 0 Å². The van der Waals surface area contributed by atoms with E-state index in [1.54, 1.807) is 30.5 Å². The highest BCUT2D eigenvalue weighted by Gasteiger charge is 2.13. The van der Waals surface area contributed by atoms with Crippen LogP contribution < -0.4 is 15.1 Å². The van der Waals surface area contributed by atoms with E-state index in [0.717, 1.165) is 29.2 Å². The predicted molar refractivity (Wildman–Crippen MR) is 109 cm³/mol. The second kappa shape index (κ2) is 8.18. The van der Waals surface area contributed by atoms with E-state index in [4.69, 9.17) is 18.3 Å². The number of rotatable bonds is 8. The Labute approximate surface area is 165 Å². The molecule has 2 aromatic heterocycles. The van der Waals surface area contributed by atoms with Crippen molar-refractivity contribution in [2.75, 3.05) is 13.2 Å². The number of nitrogens with zero attached hydrogens (tertiary/aromatic N) is 1. The van der Waals surface area contributed by atoms with E-state index in [-0.39, 0.29) is 0 Å². The quantitative estimate of drug-likeness (QED) is 0.223. The molecule has 0 N–H and O–H groups in total. The Kier molecular flexibility index (Phi) is 5.29. The van der Waals surface area contributed by atoms with Gasteiger partial charge in [-0.1, -0.05) is 6.07 Å². The Balaban J connectivity index is 1.38. The van der Waals surface area contributed by atoms with Gasteiger partial charge in [-0.05, 0) is 54.8 Å². The molecule has 29 heavy (non-hydrogen) atoms. The second-order valence-electron chi connectivity index (χ2n) is 6.67. The minimum Gasteiger partial charge on any atom is -0.492 e. The highest BCUT2D eigenvalue weighted by molar-refractivity contribution is 6.01. The van der Waals surface area contributed by atoms with Crippen molar-refractivity contribution in [3.05, 3.63) is 69.6 Å². The third-order valence-electron chi connectivity index (χ3n) is 4.56. The predicted octanol–water partition coefficient (Wildman–Crippen LogP) is 5.48. The highest BCUT2D eigenvalue weighted by Crippen LogP contribution is 2.35. The highest BCUT2D eigenvalue weighted by atomic mass is 16.5. The van der Waals surface area contributed by atoms with Crippen LogP contribution in [0, 0.1) is 11.8 Å². The maximum absolute atomic E-state index is 11.5. The van der Waals surface area contributed by atoms with Crippen LogP contribution in [0.25, 0.3) is 21.9 Å². The molecule has 7 heteroatoms. The van der Waals surface area contributed by atoms with Gasteiger partial charge in [0, 0.05) is 12.1 Å². The molecule has 0 atom stereocenters. The number of nitroso groups, excluding NO2 is 1. The molecule has 0 saturated carbocycles. The minimum atomic E-state index is -0.424. The van der Waals surface area contributed by atoms with Crippen molar-refractivity contribution in [3.63, 3.8) is 0 Å². The van der Waals surface area contributed by atoms with Gasteiger partial charge in [-0.25, -0.2) is 4.79 Å². The Hall–Kier alpha value is -3.61. The first-order valence-electron chi connectivity index (χ1n) is 9.29. The van der Waals surface area contributed by atoms with Gasteiger partial charge in [0.15, 0.2) is 0 Å². The molecule has 0 aliphatic heterocycles. The first kappa shape index (κ1) is 18.7. The van der Waals surface area contributed by atoms with Crippen LogP contribution in [0.2, 0.25) is 0 Å². The molecule has 0 unspecified atom stereocenters. The van der Waals surface area contributed by atoms with E-state index in [2.05, 4.69) is 5.18 Å². The van der Waals surface area contributed by atoms with Crippen molar-refractivity contribution in [1.29, 1.82) is 0 Å². The van der Waals surface area contributed by atoms with Crippen molar-refractivity contribution >= 4 is 27.6 Å². The molecule has 0 spiro atoms. The molecule has 0 amide bonds. The van der Waals surface area contributed by atoms with Crippen molar-refractivity contribution in [2.45, 2.75) is 19.8 Å². The van der Waals surface area contributed by atoms with E-state index in [1.165, 1.54) is 6.07 Å². The number of hydrogen-bond acceptors (Lipinski definition) is 7. The topological polar surface area (TPSA) is 91.2 Å². The van der Waals surface area contributed by atoms with Crippen molar-refractivity contribution in [1.82, 2.24) is 0 Å². The van der Waals surface area contributed by atoms with Crippen molar-refractivity contribution in [2.24, 2.45) is 5.18 Å². The SMILES string of the molecule is Cc1ccc(OCCCCOc2c3ccoc3cc3oc(=O)ccc23)c(N=O)c1. The summed E-state index contributed by atoms with van der Waals surface area (Å²) in [6.45, 7) is 2.79. The fourth-order valence-electron chi connectivity index (χ4n) is 3.15. The summed E-state index contributed by atoms with van der Waals surface area (Å²) in [5.41, 5.74) is 1.86. The monoisotopic (exact) mass is 393 g/mol. The Morgan fingerprint density at radius 3 is 2.55 bits per heavy atom. The van der Waals surface area contributed by atoms with Crippen LogP contribution in [0.1, 0.15) is 18.4 Å². The molecule has 2 aromatic carbocycles. The second-order valence-corrected chi connectivity index (χ2v) is 6.67. The summed E-state index contributed by atoms with van der Waals surface area (Å²) in [6, 6.07) is 11.9. The molecule has 148 valence electrons. The minimum absolute atomic E-state index is 0.306. The number of ether oxygens (including phenoxy) is 2. The fourth-order valence-corrected chi connectivity index (χ4v) is 3.15. The largest absolute Gasteiger partial charge is 0.492 e. The van der Waals surface area contributed by atoms with Gasteiger partial charge < -0.3 is 18.3 Å². The smallest absolute Gasteiger partial charge is 0.336 e. The zero-order chi connectivity index (χ0) is 20.2. The summed E-state index contributed by atoms with van der Waals surface area (Å²) in [5.74, 6) is 1.11. The molecule has 0 radical (unpaired) electrons. The summed E-state index contributed by atoms with van der Waals surface area (Å²) >= 11 is 0. The molecule has 0 aliphatic rings. The van der Waals surface area contributed by atoms with E-state index in [1.807, 2.05) is 19.1 Å². The van der Waals surface area contributed by atoms with Gasteiger partial charge in [0.05, 0.1) is 30.2 Å². The third-order valence-corrected chi connectivity index (χ3v) is 4.56. The van der Waals surface area contributed by atoms with Gasteiger partial charge in [-0.15, -0.1) is 4.91 Å². The first-order chi connectivity index (χ1) is 14.2. The van der Waals surface area contributed by atoms with E-state index in [9.17, 15) is 9.70 Å². The molecule has 4 aromatic rings. The average Bonchev–Trinajstić information content (AvgIpc) is 3.18. The Morgan fingerprint density at radius 2 is 1.72 bits per heavy atom. The Morgan fingerprint density at radius 1 is 0.931 bits per heavy atom. The van der Waals surface area contributed by atoms with Gasteiger partial charge >= 0.3 is 5.63 Å². The lowest BCUT2D eigenvalue weighted by molar-refractivity contribution is 0.270. The van der Waals surface area contributed by atoms with Gasteiger partial charge in [0.25, 0.3) is 0 Å². The molecule has 7 nitrogen and oxygen atoms in total. The van der Waals surface area contributed by atoms with E-state index in [0.29, 0.717) is 41.6 Å². The lowest BCUT2D eigenvalue weighted by atomic mass is 10.1. The van der Waals surface area contributed by atoms with Gasteiger partial charge in [-0.2, -0.15) is 0 Å². The number of benzene rings is 2. The number of fused-ring (bicyclic) bond motifs is 2. The zero-order valence-electron chi connectivity index (χ0n) is 15.8. The van der Waals surface area contributed by atoms with Crippen LogP contribution in [-0.2, 0) is 0 Å². The maximum atomic E-state index is 11.5. The molecule has 0 bridgehead atoms. The summed E-state index contributed by atoms with van der Waals surface area (Å²) < 4.78 is 22.3. The summed E-state index contributed by atoms with van der Waals surface area (Å²) in [7, 11) is 0. The molecule has 0 saturated heterocycles. The van der Waals surface area contributed by atoms with Gasteiger partial charge in [0.2, 0.25) is 0 Å². The average molecular weight is 393 g/mol. The van der Waals surface area contributed by atoms with Crippen LogP contribution in [0.5, 0.6) is 11.5 Å². The van der Waals surface area contributed by atoms with Crippen LogP contribution in [-0.4, -0.2) is 13.2 Å². The number of aryl methyl sites for hydroxylation is 1. The van der Waals surface area contributed by atoms with Crippen LogP contribution in [0.4, 0.5) is 5.69 Å². The fraction of sp³-hybridized carbons (Fsp3) is 0.227. The maximum Gasteiger partial charge on any atom is 0.336 e. The zero-order valence-corrected chi connectivity index (χ0v) is 15.8. The Bertz CT molecular complexity index is 1220. The van der Waals surface area contributed by atoms with Crippen LogP contribution in [0.3, 0.4) is 0 Å². The van der Waals surface area contributed by atoms with Crippen LogP contribution in [0.15, 0.2) is 67.5 Å². The lowest BCUT2D eigenvalue weighted by Gasteiger charge is -2.11. The number of furan rings is 1. The molecule has 0 aliphatic carbocycles. The van der Waals surface area contributed by atoms with Crippen molar-refractivity contribution in [3.8, 4) is 11.5 Å². The molecular formula is C22H19NO6. The standard InChI is InChI=1S/C22H19NO6/c1-14-4-6-18(17(12-14)23-25)26-9-2-3-10-28-22-15-5-7-21(24)29-20(15)13-19-16(22)8-11-27-19/h4-8,11-13H,2-3,9-10H2,1H3. The summed E-state index contributed by atoms with van der Waals surface area (Å²) in [4.78, 5) is 22.4. The van der Waals surface area contributed by atoms with Crippen LogP contribution >= 0.6 is 0 Å².